The molecule has 0 aromatic carbocycles. The van der Waals surface area contributed by atoms with Crippen molar-refractivity contribution in [2.75, 3.05) is 0 Å². The van der Waals surface area contributed by atoms with Crippen molar-refractivity contribution in [2.24, 2.45) is 0 Å². The van der Waals surface area contributed by atoms with Crippen molar-refractivity contribution in [3.63, 3.8) is 0 Å². The van der Waals surface area contributed by atoms with Gasteiger partial charge in [0.15, 0.2) is 0 Å². The summed E-state index contributed by atoms with van der Waals surface area (Å²) in [7, 11) is 0. The van der Waals surface area contributed by atoms with Gasteiger partial charge in [-0.2, -0.15) is 17.6 Å². The summed E-state index contributed by atoms with van der Waals surface area (Å²) < 4.78 is 47.4. The fourth-order valence-corrected chi connectivity index (χ4v) is 0.269. The monoisotopic (exact) mass is 238 g/mol. The van der Waals surface area contributed by atoms with E-state index in [1.807, 2.05) is 0 Å². The van der Waals surface area contributed by atoms with Crippen molar-refractivity contribution in [3.05, 3.63) is 0 Å². The second-order valence-corrected chi connectivity index (χ2v) is 1.76. The fraction of sp³-hybridized carbons (Fsp3) is 0.500. The molecule has 0 fully saturated rings. The quantitative estimate of drug-likeness (QED) is 0.495. The molecule has 0 unspecified atom stereocenters. The maximum atomic E-state index is 11.8. The summed E-state index contributed by atoms with van der Waals surface area (Å²) in [4.78, 5) is 19.0. The zero-order valence-corrected chi connectivity index (χ0v) is 5.22. The third-order valence-corrected chi connectivity index (χ3v) is 0.932. The molecular weight excluding hydrogens is 234 g/mol. The molecule has 0 bridgehead atoms. The molecule has 0 aromatic heterocycles. The number of hydrogen-bond acceptors (Lipinski definition) is 2. The third-order valence-electron chi connectivity index (χ3n) is 0.932. The van der Waals surface area contributed by atoms with Gasteiger partial charge in [0.1, 0.15) is 0 Å². The van der Waals surface area contributed by atoms with Gasteiger partial charge < -0.3 is 10.2 Å². The van der Waals surface area contributed by atoms with Gasteiger partial charge in [-0.25, -0.2) is 9.59 Å². The van der Waals surface area contributed by atoms with Gasteiger partial charge >= 0.3 is 82.9 Å². The number of carboxylic acids is 2. The number of alkyl halides is 4. The van der Waals surface area contributed by atoms with Crippen molar-refractivity contribution < 1.29 is 37.4 Å². The van der Waals surface area contributed by atoms with Gasteiger partial charge in [-0.1, -0.05) is 0 Å². The van der Waals surface area contributed by atoms with Crippen LogP contribution in [0.15, 0.2) is 0 Å². The van der Waals surface area contributed by atoms with Gasteiger partial charge in [-0.05, 0) is 0 Å². The summed E-state index contributed by atoms with van der Waals surface area (Å²) in [6, 6.07) is 0. The number of rotatable bonds is 3. The Kier molecular flexibility index (Phi) is 9.04. The van der Waals surface area contributed by atoms with E-state index in [1.165, 1.54) is 0 Å². The van der Waals surface area contributed by atoms with Gasteiger partial charge in [0, 0.05) is 0 Å². The molecule has 14 heavy (non-hydrogen) atoms. The van der Waals surface area contributed by atoms with Crippen LogP contribution in [0, 0.1) is 0 Å². The second kappa shape index (κ2) is 6.29. The molecule has 10 heteroatoms. The van der Waals surface area contributed by atoms with Crippen molar-refractivity contribution in [1.82, 2.24) is 0 Å². The van der Waals surface area contributed by atoms with Gasteiger partial charge in [0.05, 0.1) is 0 Å². The van der Waals surface area contributed by atoms with E-state index < -0.39 is 23.8 Å². The van der Waals surface area contributed by atoms with Crippen molar-refractivity contribution in [1.29, 1.82) is 0 Å². The second-order valence-electron chi connectivity index (χ2n) is 1.76. The van der Waals surface area contributed by atoms with E-state index in [4.69, 9.17) is 10.2 Å². The molecular formula is C4H4F4Na2O4. The van der Waals surface area contributed by atoms with E-state index in [2.05, 4.69) is 0 Å². The molecule has 0 spiro atoms. The van der Waals surface area contributed by atoms with Crippen LogP contribution in [-0.4, -0.2) is 93.1 Å². The van der Waals surface area contributed by atoms with Crippen LogP contribution in [0.2, 0.25) is 0 Å². The first-order valence-electron chi connectivity index (χ1n) is 2.36. The zero-order chi connectivity index (χ0) is 10.2. The molecule has 2 N–H and O–H groups in total. The molecule has 4 nitrogen and oxygen atoms in total. The van der Waals surface area contributed by atoms with Crippen LogP contribution in [0.3, 0.4) is 0 Å². The molecule has 0 aromatic rings. The number of hydrogen-bond donors (Lipinski definition) is 2. The Morgan fingerprint density at radius 1 is 0.786 bits per heavy atom. The third kappa shape index (κ3) is 3.67. The molecule has 0 saturated carbocycles. The first kappa shape index (κ1) is 20.1. The van der Waals surface area contributed by atoms with Crippen LogP contribution in [0.5, 0.6) is 0 Å². The molecule has 0 radical (unpaired) electrons. The van der Waals surface area contributed by atoms with Crippen molar-refractivity contribution in [3.8, 4) is 0 Å². The van der Waals surface area contributed by atoms with Gasteiger partial charge in [-0.3, -0.25) is 0 Å². The molecule has 74 valence electrons. The predicted octanol–water partition coefficient (Wildman–Crippen LogP) is -0.871. The molecule has 0 amide bonds. The summed E-state index contributed by atoms with van der Waals surface area (Å²) in [6.07, 6.45) is 0. The van der Waals surface area contributed by atoms with Gasteiger partial charge in [0.25, 0.3) is 0 Å². The Balaban J connectivity index is -0.000000605. The molecule has 0 heterocycles. The standard InChI is InChI=1S/C4H2F4O4.2Na.2H/c5-3(6,1(9)10)4(7,8)2(11)12;;;;/h(H,9,10)(H,11,12);;;;. The summed E-state index contributed by atoms with van der Waals surface area (Å²) >= 11 is 0. The minimum absolute atomic E-state index is 0. The topological polar surface area (TPSA) is 74.6 Å². The van der Waals surface area contributed by atoms with Crippen LogP contribution in [0.25, 0.3) is 0 Å². The first-order valence-corrected chi connectivity index (χ1v) is 2.36. The van der Waals surface area contributed by atoms with Crippen LogP contribution in [0.1, 0.15) is 0 Å². The summed E-state index contributed by atoms with van der Waals surface area (Å²) in [6.45, 7) is 0. The van der Waals surface area contributed by atoms with E-state index >= 15 is 0 Å². The minimum atomic E-state index is -5.60. The Morgan fingerprint density at radius 2 is 0.929 bits per heavy atom. The van der Waals surface area contributed by atoms with Crippen molar-refractivity contribution in [2.45, 2.75) is 11.8 Å². The average Bonchev–Trinajstić information content (AvgIpc) is 1.86. The number of halogens is 4. The Hall–Kier alpha value is 0.660. The summed E-state index contributed by atoms with van der Waals surface area (Å²) in [5.74, 6) is -17.6. The Labute approximate surface area is 119 Å². The van der Waals surface area contributed by atoms with E-state index in [9.17, 15) is 27.2 Å². The van der Waals surface area contributed by atoms with E-state index in [0.717, 1.165) is 0 Å². The summed E-state index contributed by atoms with van der Waals surface area (Å²) in [5.41, 5.74) is 0. The molecule has 0 atom stereocenters. The van der Waals surface area contributed by atoms with Crippen LogP contribution in [-0.2, 0) is 9.59 Å². The van der Waals surface area contributed by atoms with Gasteiger partial charge in [-0.15, -0.1) is 0 Å². The normalized spacial score (nSPS) is 10.9. The SMILES string of the molecule is O=C(O)C(F)(F)C(F)(F)C(=O)O.[NaH].[NaH]. The summed E-state index contributed by atoms with van der Waals surface area (Å²) in [5, 5.41) is 15.1. The van der Waals surface area contributed by atoms with E-state index in [-0.39, 0.29) is 59.1 Å². The Morgan fingerprint density at radius 3 is 1.00 bits per heavy atom. The van der Waals surface area contributed by atoms with E-state index in [0.29, 0.717) is 0 Å². The van der Waals surface area contributed by atoms with Crippen LogP contribution < -0.4 is 0 Å². The fourth-order valence-electron chi connectivity index (χ4n) is 0.269. The van der Waals surface area contributed by atoms with E-state index in [1.54, 1.807) is 0 Å². The predicted molar refractivity (Wildman–Crippen MR) is 39.5 cm³/mol. The zero-order valence-electron chi connectivity index (χ0n) is 5.22. The number of carbonyl (C=O) groups is 2. The number of carboxylic acid groups (broad SMARTS) is 2. The molecule has 0 aliphatic rings. The van der Waals surface area contributed by atoms with Crippen LogP contribution >= 0.6 is 0 Å². The van der Waals surface area contributed by atoms with Crippen LogP contribution in [0.4, 0.5) is 17.6 Å². The molecule has 0 aliphatic heterocycles. The Bertz CT molecular complexity index is 207. The average molecular weight is 238 g/mol. The molecule has 0 saturated heterocycles. The first-order chi connectivity index (χ1) is 5.14. The van der Waals surface area contributed by atoms with Gasteiger partial charge in [0.2, 0.25) is 0 Å². The molecule has 0 aliphatic carbocycles. The van der Waals surface area contributed by atoms with Crippen molar-refractivity contribution >= 4 is 71.1 Å². The molecule has 0 rings (SSSR count). The number of aliphatic carboxylic acids is 2. The maximum absolute atomic E-state index is 11.8.